The Labute approximate surface area is 235 Å². The first-order chi connectivity index (χ1) is 19.3. The number of ether oxygens (including phenoxy) is 3. The van der Waals surface area contributed by atoms with Crippen LogP contribution < -0.4 is 19.1 Å². The van der Waals surface area contributed by atoms with Crippen molar-refractivity contribution in [1.29, 1.82) is 0 Å². The average molecular weight is 557 g/mol. The summed E-state index contributed by atoms with van der Waals surface area (Å²) in [6.07, 6.45) is 0.715. The van der Waals surface area contributed by atoms with Crippen LogP contribution in [0, 0.1) is 6.92 Å². The van der Waals surface area contributed by atoms with Gasteiger partial charge in [0.15, 0.2) is 16.6 Å². The molecule has 1 fully saturated rings. The van der Waals surface area contributed by atoms with Gasteiger partial charge in [-0.15, -0.1) is 0 Å². The number of benzene rings is 3. The van der Waals surface area contributed by atoms with Crippen LogP contribution >= 0.6 is 11.3 Å². The smallest absolute Gasteiger partial charge is 0.301 e. The topological polar surface area (TPSA) is 98.2 Å². The van der Waals surface area contributed by atoms with Gasteiger partial charge in [-0.2, -0.15) is 0 Å². The predicted octanol–water partition coefficient (Wildman–Crippen LogP) is 5.96. The molecule has 1 aromatic heterocycles. The van der Waals surface area contributed by atoms with E-state index in [1.807, 2.05) is 45.0 Å². The summed E-state index contributed by atoms with van der Waals surface area (Å²) < 4.78 is 18.0. The van der Waals surface area contributed by atoms with E-state index in [1.54, 1.807) is 30.3 Å². The van der Waals surface area contributed by atoms with E-state index in [9.17, 15) is 14.7 Å². The van der Waals surface area contributed by atoms with Crippen molar-refractivity contribution >= 4 is 44.1 Å². The Bertz CT molecular complexity index is 1710. The Morgan fingerprint density at radius 2 is 1.95 bits per heavy atom. The van der Waals surface area contributed by atoms with E-state index >= 15 is 0 Å². The van der Waals surface area contributed by atoms with Crippen molar-refractivity contribution < 1.29 is 28.9 Å². The van der Waals surface area contributed by atoms with Gasteiger partial charge in [-0.1, -0.05) is 23.5 Å². The Morgan fingerprint density at radius 1 is 1.12 bits per heavy atom. The molecule has 6 rings (SSSR count). The molecule has 0 radical (unpaired) electrons. The van der Waals surface area contributed by atoms with Crippen molar-refractivity contribution in [2.45, 2.75) is 39.3 Å². The molecular formula is C31H28N2O6S. The molecule has 2 aliphatic heterocycles. The Hall–Kier alpha value is -4.37. The number of amides is 1. The van der Waals surface area contributed by atoms with E-state index < -0.39 is 17.7 Å². The van der Waals surface area contributed by atoms with Gasteiger partial charge in [-0.05, 0) is 79.9 Å². The van der Waals surface area contributed by atoms with Gasteiger partial charge in [0.25, 0.3) is 5.78 Å². The number of methoxy groups -OCH3 is 1. The van der Waals surface area contributed by atoms with Gasteiger partial charge in [-0.3, -0.25) is 14.5 Å². The molecule has 0 bridgehead atoms. The summed E-state index contributed by atoms with van der Waals surface area (Å²) in [6, 6.07) is 15.5. The summed E-state index contributed by atoms with van der Waals surface area (Å²) in [4.78, 5) is 33.4. The zero-order chi connectivity index (χ0) is 28.1. The standard InChI is InChI=1S/C31H28N2O6S/c1-5-38-23-11-7-18(15-24(23)37-4)27-26(28(34)19-8-10-22-20(14-19)13-17(3)39-22)29(35)30(36)33(27)31-32-21-9-6-16(2)12-25(21)40-31/h6-12,14-15,17,27,34H,5,13H2,1-4H3/b28-26-. The van der Waals surface area contributed by atoms with E-state index in [4.69, 9.17) is 19.2 Å². The zero-order valence-corrected chi connectivity index (χ0v) is 23.4. The van der Waals surface area contributed by atoms with Crippen LogP contribution in [0.4, 0.5) is 5.13 Å². The molecular weight excluding hydrogens is 528 g/mol. The highest BCUT2D eigenvalue weighted by Gasteiger charge is 2.48. The lowest BCUT2D eigenvalue weighted by Crippen LogP contribution is -2.29. The molecule has 2 unspecified atom stereocenters. The van der Waals surface area contributed by atoms with Gasteiger partial charge in [0.05, 0.1) is 35.5 Å². The largest absolute Gasteiger partial charge is 0.507 e. The van der Waals surface area contributed by atoms with Crippen LogP contribution in [0.25, 0.3) is 16.0 Å². The minimum absolute atomic E-state index is 0.0152. The molecule has 3 heterocycles. The number of aliphatic hydroxyl groups excluding tert-OH is 1. The van der Waals surface area contributed by atoms with E-state index in [1.165, 1.54) is 23.3 Å². The number of hydrogen-bond donors (Lipinski definition) is 1. The minimum Gasteiger partial charge on any atom is -0.507 e. The third-order valence-electron chi connectivity index (χ3n) is 7.16. The highest BCUT2D eigenvalue weighted by atomic mass is 32.1. The number of carbonyl (C=O) groups is 2. The first-order valence-corrected chi connectivity index (χ1v) is 13.9. The van der Waals surface area contributed by atoms with Crippen LogP contribution in [0.5, 0.6) is 17.2 Å². The fourth-order valence-electron chi connectivity index (χ4n) is 5.32. The van der Waals surface area contributed by atoms with Crippen molar-refractivity contribution in [3.05, 3.63) is 82.4 Å². The first-order valence-electron chi connectivity index (χ1n) is 13.1. The van der Waals surface area contributed by atoms with Crippen LogP contribution in [0.1, 0.15) is 42.1 Å². The van der Waals surface area contributed by atoms with E-state index in [0.717, 1.165) is 27.1 Å². The molecule has 40 heavy (non-hydrogen) atoms. The van der Waals surface area contributed by atoms with Crippen molar-refractivity contribution in [3.8, 4) is 17.2 Å². The third-order valence-corrected chi connectivity index (χ3v) is 8.17. The number of hydrogen-bond acceptors (Lipinski definition) is 8. The summed E-state index contributed by atoms with van der Waals surface area (Å²) >= 11 is 1.33. The highest BCUT2D eigenvalue weighted by Crippen LogP contribution is 2.46. The molecule has 0 aliphatic carbocycles. The number of nitrogens with zero attached hydrogens (tertiary/aromatic N) is 2. The van der Waals surface area contributed by atoms with Crippen molar-refractivity contribution in [3.63, 3.8) is 0 Å². The predicted molar refractivity (Wildman–Crippen MR) is 154 cm³/mol. The Kier molecular flexibility index (Phi) is 6.46. The molecule has 2 aliphatic rings. The molecule has 1 N–H and O–H groups in total. The van der Waals surface area contributed by atoms with Crippen LogP contribution in [0.15, 0.2) is 60.2 Å². The van der Waals surface area contributed by atoms with Crippen molar-refractivity contribution in [1.82, 2.24) is 4.98 Å². The Balaban J connectivity index is 1.55. The van der Waals surface area contributed by atoms with E-state index in [2.05, 4.69) is 0 Å². The second-order valence-electron chi connectivity index (χ2n) is 9.94. The number of thiazole rings is 1. The summed E-state index contributed by atoms with van der Waals surface area (Å²) in [5.74, 6) is -0.0493. The second kappa shape index (κ2) is 9.98. The molecule has 1 amide bonds. The lowest BCUT2D eigenvalue weighted by molar-refractivity contribution is -0.132. The number of aromatic nitrogens is 1. The number of aliphatic hydroxyl groups is 1. The number of rotatable bonds is 6. The average Bonchev–Trinajstić information content (AvgIpc) is 3.60. The minimum atomic E-state index is -0.935. The van der Waals surface area contributed by atoms with Gasteiger partial charge in [-0.25, -0.2) is 4.98 Å². The van der Waals surface area contributed by atoms with Crippen LogP contribution in [0.2, 0.25) is 0 Å². The van der Waals surface area contributed by atoms with E-state index in [0.29, 0.717) is 40.8 Å². The summed E-state index contributed by atoms with van der Waals surface area (Å²) in [6.45, 7) is 6.28. The zero-order valence-electron chi connectivity index (χ0n) is 22.6. The number of anilines is 1. The molecule has 0 saturated carbocycles. The lowest BCUT2D eigenvalue weighted by atomic mass is 9.94. The van der Waals surface area contributed by atoms with Gasteiger partial charge >= 0.3 is 5.91 Å². The molecule has 2 atom stereocenters. The maximum Gasteiger partial charge on any atom is 0.301 e. The number of carbonyl (C=O) groups excluding carboxylic acids is 2. The second-order valence-corrected chi connectivity index (χ2v) is 10.9. The highest BCUT2D eigenvalue weighted by molar-refractivity contribution is 7.22. The van der Waals surface area contributed by atoms with Crippen molar-refractivity contribution in [2.24, 2.45) is 0 Å². The molecule has 1 saturated heterocycles. The van der Waals surface area contributed by atoms with Crippen LogP contribution in [-0.2, 0) is 16.0 Å². The monoisotopic (exact) mass is 556 g/mol. The number of aryl methyl sites for hydroxylation is 1. The van der Waals surface area contributed by atoms with Crippen LogP contribution in [0.3, 0.4) is 0 Å². The third kappa shape index (κ3) is 4.26. The van der Waals surface area contributed by atoms with E-state index in [-0.39, 0.29) is 17.4 Å². The molecule has 204 valence electrons. The SMILES string of the molecule is CCOc1ccc(C2/C(=C(/O)c3ccc4c(c3)CC(C)O4)C(=O)C(=O)N2c2nc3ccc(C)cc3s2)cc1OC. The van der Waals surface area contributed by atoms with Gasteiger partial charge in [0.1, 0.15) is 17.6 Å². The van der Waals surface area contributed by atoms with Crippen molar-refractivity contribution in [2.75, 3.05) is 18.6 Å². The molecule has 0 spiro atoms. The number of Topliss-reactive ketones (excluding diaryl/α,β-unsaturated/α-hetero) is 1. The van der Waals surface area contributed by atoms with Crippen LogP contribution in [-0.4, -0.2) is 41.6 Å². The summed E-state index contributed by atoms with van der Waals surface area (Å²) in [5, 5.41) is 12.0. The maximum atomic E-state index is 13.7. The Morgan fingerprint density at radius 3 is 2.73 bits per heavy atom. The quantitative estimate of drug-likeness (QED) is 0.178. The summed E-state index contributed by atoms with van der Waals surface area (Å²) in [5.41, 5.74) is 3.73. The van der Waals surface area contributed by atoms with Gasteiger partial charge in [0.2, 0.25) is 0 Å². The fraction of sp³-hybridized carbons (Fsp3) is 0.258. The molecule has 3 aromatic carbocycles. The maximum absolute atomic E-state index is 13.7. The van der Waals surface area contributed by atoms with Gasteiger partial charge < -0.3 is 19.3 Å². The molecule has 4 aromatic rings. The fourth-order valence-corrected chi connectivity index (χ4v) is 6.41. The molecule has 9 heteroatoms. The van der Waals surface area contributed by atoms with Gasteiger partial charge in [0, 0.05) is 12.0 Å². The normalized spacial score (nSPS) is 19.6. The number of ketones is 1. The first kappa shape index (κ1) is 25.9. The lowest BCUT2D eigenvalue weighted by Gasteiger charge is -2.24. The summed E-state index contributed by atoms with van der Waals surface area (Å²) in [7, 11) is 1.53. The molecule has 8 nitrogen and oxygen atoms in total. The number of fused-ring (bicyclic) bond motifs is 2.